The van der Waals surface area contributed by atoms with Gasteiger partial charge in [-0.25, -0.2) is 14.6 Å². The van der Waals surface area contributed by atoms with Gasteiger partial charge >= 0.3 is 12.1 Å². The number of amides is 3. The smallest absolute Gasteiger partial charge is 0.407 e. The highest BCUT2D eigenvalue weighted by Gasteiger charge is 2.57. The minimum absolute atomic E-state index is 0.00275. The number of carbonyl (C=O) groups is 2. The highest BCUT2D eigenvalue weighted by molar-refractivity contribution is 5.79. The molecule has 1 spiro atoms. The van der Waals surface area contributed by atoms with Gasteiger partial charge in [-0.15, -0.1) is 0 Å². The topological polar surface area (TPSA) is 137 Å². The van der Waals surface area contributed by atoms with E-state index in [1.165, 1.54) is 0 Å². The molecule has 9 nitrogen and oxygen atoms in total. The Hall–Kier alpha value is -2.97. The minimum atomic E-state index is -0.847. The second kappa shape index (κ2) is 8.64. The van der Waals surface area contributed by atoms with E-state index in [0.717, 1.165) is 44.1 Å². The van der Waals surface area contributed by atoms with Gasteiger partial charge in [0.1, 0.15) is 0 Å². The van der Waals surface area contributed by atoms with Gasteiger partial charge in [-0.3, -0.25) is 4.90 Å². The fourth-order valence-corrected chi connectivity index (χ4v) is 6.02. The molecule has 1 aliphatic heterocycles. The number of nitrogens with one attached hydrogen (secondary N) is 1. The number of carbonyl (C=O) groups excluding carboxylic acids is 1. The Morgan fingerprint density at radius 1 is 1.06 bits per heavy atom. The number of hydrogen-bond donors (Lipinski definition) is 4. The minimum Gasteiger partial charge on any atom is -0.465 e. The van der Waals surface area contributed by atoms with Crippen LogP contribution in [0.4, 0.5) is 15.3 Å². The molecule has 1 aromatic rings. The van der Waals surface area contributed by atoms with Crippen LogP contribution in [-0.2, 0) is 6.54 Å². The predicted octanol–water partition coefficient (Wildman–Crippen LogP) is 2.44. The summed E-state index contributed by atoms with van der Waals surface area (Å²) in [5.74, 6) is 0.688. The molecule has 2 saturated carbocycles. The summed E-state index contributed by atoms with van der Waals surface area (Å²) in [6.07, 6.45) is 5.68. The summed E-state index contributed by atoms with van der Waals surface area (Å²) >= 11 is 0. The molecule has 0 unspecified atom stereocenters. The molecule has 3 fully saturated rings. The van der Waals surface area contributed by atoms with Crippen molar-refractivity contribution in [2.24, 2.45) is 28.3 Å². The Labute approximate surface area is 182 Å². The van der Waals surface area contributed by atoms with Crippen LogP contribution >= 0.6 is 0 Å². The van der Waals surface area contributed by atoms with Crippen molar-refractivity contribution in [2.45, 2.75) is 50.6 Å². The molecule has 9 heteroatoms. The fourth-order valence-electron chi connectivity index (χ4n) is 6.02. The largest absolute Gasteiger partial charge is 0.465 e. The number of urea groups is 1. The summed E-state index contributed by atoms with van der Waals surface area (Å²) in [6, 6.07) is 7.20. The van der Waals surface area contributed by atoms with Crippen molar-refractivity contribution in [3.05, 3.63) is 29.8 Å². The van der Waals surface area contributed by atoms with Crippen LogP contribution in [0, 0.1) is 11.8 Å². The number of piperazine rings is 1. The van der Waals surface area contributed by atoms with E-state index < -0.39 is 11.6 Å². The fraction of sp³-hybridized carbons (Fsp3) is 0.591. The second-order valence-electron chi connectivity index (χ2n) is 8.96. The zero-order valence-electron chi connectivity index (χ0n) is 17.8. The third kappa shape index (κ3) is 4.13. The number of benzene rings is 1. The zero-order valence-corrected chi connectivity index (χ0v) is 17.8. The Balaban J connectivity index is 1.44. The standard InChI is InChI=1S/C22H32N6O3/c23-19(24)26-18-9-7-15(8-10-18)13-25-20(29)27-11-12-28(21(30)31)22(14-27)16-3-1-4-17(22)6-2-5-16/h7-10,16-17H,1-6,11-14H2,(H,25,29)(H,30,31)(H4,23,24,26). The summed E-state index contributed by atoms with van der Waals surface area (Å²) in [6.45, 7) is 1.68. The Bertz CT molecular complexity index is 829. The van der Waals surface area contributed by atoms with E-state index in [1.807, 2.05) is 17.0 Å². The lowest BCUT2D eigenvalue weighted by atomic mass is 9.58. The lowest BCUT2D eigenvalue weighted by molar-refractivity contribution is -0.0942. The van der Waals surface area contributed by atoms with Gasteiger partial charge in [-0.1, -0.05) is 25.0 Å². The van der Waals surface area contributed by atoms with Gasteiger partial charge in [0.25, 0.3) is 0 Å². The molecule has 3 amide bonds. The number of aliphatic imine (C=N–C) groups is 1. The maximum atomic E-state index is 13.0. The number of guanidine groups is 1. The normalized spacial score (nSPS) is 27.6. The number of nitrogens with two attached hydrogens (primary N) is 2. The summed E-state index contributed by atoms with van der Waals surface area (Å²) in [7, 11) is 0. The molecule has 1 saturated heterocycles. The van der Waals surface area contributed by atoms with Crippen molar-refractivity contribution in [3.8, 4) is 0 Å². The average molecular weight is 429 g/mol. The molecule has 6 N–H and O–H groups in total. The van der Waals surface area contributed by atoms with Gasteiger partial charge in [0.2, 0.25) is 0 Å². The van der Waals surface area contributed by atoms with Crippen LogP contribution in [0.15, 0.2) is 29.3 Å². The van der Waals surface area contributed by atoms with Crippen molar-refractivity contribution < 1.29 is 14.7 Å². The third-order valence-corrected chi connectivity index (χ3v) is 7.32. The first kappa shape index (κ1) is 21.3. The van der Waals surface area contributed by atoms with Crippen LogP contribution in [0.1, 0.15) is 44.1 Å². The lowest BCUT2D eigenvalue weighted by Crippen LogP contribution is -2.72. The number of nitrogens with zero attached hydrogens (tertiary/aromatic N) is 3. The predicted molar refractivity (Wildman–Crippen MR) is 118 cm³/mol. The summed E-state index contributed by atoms with van der Waals surface area (Å²) < 4.78 is 0. The number of rotatable bonds is 3. The van der Waals surface area contributed by atoms with E-state index in [1.54, 1.807) is 17.0 Å². The summed E-state index contributed by atoms with van der Waals surface area (Å²) in [5.41, 5.74) is 11.9. The van der Waals surface area contributed by atoms with Crippen molar-refractivity contribution >= 4 is 23.8 Å². The van der Waals surface area contributed by atoms with Crippen LogP contribution < -0.4 is 16.8 Å². The van der Waals surface area contributed by atoms with Crippen LogP contribution in [-0.4, -0.2) is 58.2 Å². The molecular weight excluding hydrogens is 396 g/mol. The van der Waals surface area contributed by atoms with Crippen molar-refractivity contribution in [3.63, 3.8) is 0 Å². The molecule has 0 atom stereocenters. The molecule has 2 bridgehead atoms. The average Bonchev–Trinajstić information content (AvgIpc) is 2.72. The van der Waals surface area contributed by atoms with E-state index in [-0.39, 0.29) is 12.0 Å². The molecule has 168 valence electrons. The molecular formula is C22H32N6O3. The van der Waals surface area contributed by atoms with Gasteiger partial charge in [-0.05, 0) is 55.2 Å². The molecule has 1 aromatic carbocycles. The van der Waals surface area contributed by atoms with Crippen LogP contribution in [0.3, 0.4) is 0 Å². The molecule has 1 heterocycles. The second-order valence-corrected chi connectivity index (χ2v) is 8.96. The van der Waals surface area contributed by atoms with Crippen LogP contribution in [0.25, 0.3) is 0 Å². The van der Waals surface area contributed by atoms with E-state index >= 15 is 0 Å². The first-order chi connectivity index (χ1) is 14.9. The summed E-state index contributed by atoms with van der Waals surface area (Å²) in [5, 5.41) is 12.9. The Kier molecular flexibility index (Phi) is 5.93. The molecule has 0 radical (unpaired) electrons. The lowest BCUT2D eigenvalue weighted by Gasteiger charge is -2.61. The van der Waals surface area contributed by atoms with Gasteiger partial charge in [-0.2, -0.15) is 0 Å². The Morgan fingerprint density at radius 2 is 1.68 bits per heavy atom. The van der Waals surface area contributed by atoms with E-state index in [0.29, 0.717) is 43.7 Å². The zero-order chi connectivity index (χ0) is 22.0. The van der Waals surface area contributed by atoms with E-state index in [2.05, 4.69) is 10.3 Å². The van der Waals surface area contributed by atoms with Crippen LogP contribution in [0.5, 0.6) is 0 Å². The first-order valence-corrected chi connectivity index (χ1v) is 11.1. The highest BCUT2D eigenvalue weighted by atomic mass is 16.4. The van der Waals surface area contributed by atoms with Gasteiger partial charge in [0.05, 0.1) is 11.2 Å². The molecule has 2 aliphatic carbocycles. The van der Waals surface area contributed by atoms with Crippen molar-refractivity contribution in [2.75, 3.05) is 19.6 Å². The Morgan fingerprint density at radius 3 is 2.23 bits per heavy atom. The highest BCUT2D eigenvalue weighted by Crippen LogP contribution is 2.52. The van der Waals surface area contributed by atoms with Gasteiger partial charge in [0.15, 0.2) is 5.96 Å². The maximum Gasteiger partial charge on any atom is 0.407 e. The number of hydrogen-bond acceptors (Lipinski definition) is 3. The maximum absolute atomic E-state index is 13.0. The van der Waals surface area contributed by atoms with E-state index in [4.69, 9.17) is 11.5 Å². The third-order valence-electron chi connectivity index (χ3n) is 7.32. The van der Waals surface area contributed by atoms with Crippen molar-refractivity contribution in [1.29, 1.82) is 0 Å². The number of carboxylic acid groups (broad SMARTS) is 1. The quantitative estimate of drug-likeness (QED) is 0.433. The SMILES string of the molecule is NC(N)=Nc1ccc(CNC(=O)N2CCN(C(=O)O)C3(C2)C2CCCC3CCC2)cc1. The molecule has 0 aromatic heterocycles. The van der Waals surface area contributed by atoms with Gasteiger partial charge in [0, 0.05) is 26.2 Å². The van der Waals surface area contributed by atoms with Crippen molar-refractivity contribution in [1.82, 2.24) is 15.1 Å². The molecule has 4 rings (SSSR count). The first-order valence-electron chi connectivity index (χ1n) is 11.1. The van der Waals surface area contributed by atoms with E-state index in [9.17, 15) is 14.7 Å². The molecule has 3 aliphatic rings. The summed E-state index contributed by atoms with van der Waals surface area (Å²) in [4.78, 5) is 32.6. The monoisotopic (exact) mass is 428 g/mol. The molecule has 31 heavy (non-hydrogen) atoms. The van der Waals surface area contributed by atoms with Gasteiger partial charge < -0.3 is 26.8 Å². The van der Waals surface area contributed by atoms with Crippen LogP contribution in [0.2, 0.25) is 0 Å².